The third-order valence-electron chi connectivity index (χ3n) is 3.99. The molecule has 1 heterocycles. The van der Waals surface area contributed by atoms with Crippen molar-refractivity contribution in [3.8, 4) is 0 Å². The molecule has 3 nitrogen and oxygen atoms in total. The van der Waals surface area contributed by atoms with Crippen LogP contribution < -0.4 is 5.73 Å². The van der Waals surface area contributed by atoms with Crippen LogP contribution in [-0.4, -0.2) is 42.8 Å². The van der Waals surface area contributed by atoms with Crippen molar-refractivity contribution in [3.63, 3.8) is 0 Å². The molecule has 2 fully saturated rings. The normalized spacial score (nSPS) is 37.0. The van der Waals surface area contributed by atoms with Crippen molar-refractivity contribution in [1.29, 1.82) is 0 Å². The fourth-order valence-electron chi connectivity index (χ4n) is 2.80. The van der Waals surface area contributed by atoms with Crippen LogP contribution in [-0.2, 0) is 4.74 Å². The molecule has 1 aliphatic heterocycles. The Morgan fingerprint density at radius 1 is 1.40 bits per heavy atom. The monoisotopic (exact) mass is 212 g/mol. The van der Waals surface area contributed by atoms with Crippen LogP contribution in [0.4, 0.5) is 0 Å². The number of ether oxygens (including phenoxy) is 1. The van der Waals surface area contributed by atoms with E-state index >= 15 is 0 Å². The second-order valence-electron chi connectivity index (χ2n) is 5.67. The highest BCUT2D eigenvalue weighted by Crippen LogP contribution is 2.28. The Hall–Kier alpha value is -0.120. The summed E-state index contributed by atoms with van der Waals surface area (Å²) in [6, 6.07) is 0.434. The standard InChI is InChI=1S/C12H24N2O/c1-12(2)9-15-7-6-14(12)8-10-4-3-5-11(10)13/h10-11H,3-9,13H2,1-2H3. The van der Waals surface area contributed by atoms with Gasteiger partial charge < -0.3 is 10.5 Å². The molecule has 2 unspecified atom stereocenters. The molecule has 1 saturated heterocycles. The molecule has 0 aromatic carbocycles. The summed E-state index contributed by atoms with van der Waals surface area (Å²) in [7, 11) is 0. The SMILES string of the molecule is CC1(C)COCCN1CC1CCCC1N. The average molecular weight is 212 g/mol. The van der Waals surface area contributed by atoms with E-state index in [0.717, 1.165) is 26.3 Å². The quantitative estimate of drug-likeness (QED) is 0.748. The summed E-state index contributed by atoms with van der Waals surface area (Å²) in [5.74, 6) is 0.711. The molecule has 2 atom stereocenters. The Bertz CT molecular complexity index is 218. The molecule has 0 bridgehead atoms. The molecule has 15 heavy (non-hydrogen) atoms. The van der Waals surface area contributed by atoms with Gasteiger partial charge in [0.2, 0.25) is 0 Å². The number of hydrogen-bond donors (Lipinski definition) is 1. The van der Waals surface area contributed by atoms with Gasteiger partial charge in [-0.2, -0.15) is 0 Å². The molecule has 2 N–H and O–H groups in total. The van der Waals surface area contributed by atoms with Gasteiger partial charge in [0.15, 0.2) is 0 Å². The molecule has 1 aliphatic carbocycles. The number of nitrogens with two attached hydrogens (primary N) is 1. The number of nitrogens with zero attached hydrogens (tertiary/aromatic N) is 1. The van der Waals surface area contributed by atoms with Gasteiger partial charge in [-0.25, -0.2) is 0 Å². The molecule has 0 amide bonds. The largest absolute Gasteiger partial charge is 0.378 e. The van der Waals surface area contributed by atoms with E-state index in [1.54, 1.807) is 0 Å². The van der Waals surface area contributed by atoms with Gasteiger partial charge in [0, 0.05) is 24.7 Å². The van der Waals surface area contributed by atoms with E-state index in [9.17, 15) is 0 Å². The van der Waals surface area contributed by atoms with Gasteiger partial charge in [-0.05, 0) is 32.6 Å². The zero-order valence-corrected chi connectivity index (χ0v) is 10.0. The van der Waals surface area contributed by atoms with Gasteiger partial charge in [-0.15, -0.1) is 0 Å². The second kappa shape index (κ2) is 4.40. The smallest absolute Gasteiger partial charge is 0.0645 e. The lowest BCUT2D eigenvalue weighted by Gasteiger charge is -2.43. The third-order valence-corrected chi connectivity index (χ3v) is 3.99. The van der Waals surface area contributed by atoms with Crippen molar-refractivity contribution < 1.29 is 4.74 Å². The molecule has 2 aliphatic rings. The molecule has 3 heteroatoms. The van der Waals surface area contributed by atoms with Crippen LogP contribution in [0.1, 0.15) is 33.1 Å². The minimum atomic E-state index is 0.195. The first-order valence-corrected chi connectivity index (χ1v) is 6.18. The number of rotatable bonds is 2. The zero-order valence-electron chi connectivity index (χ0n) is 10.0. The zero-order chi connectivity index (χ0) is 10.9. The van der Waals surface area contributed by atoms with E-state index in [0.29, 0.717) is 12.0 Å². The highest BCUT2D eigenvalue weighted by Gasteiger charge is 2.34. The van der Waals surface area contributed by atoms with Crippen molar-refractivity contribution in [3.05, 3.63) is 0 Å². The first kappa shape index (κ1) is 11.4. The Labute approximate surface area is 93.0 Å². The molecule has 2 rings (SSSR count). The van der Waals surface area contributed by atoms with E-state index in [-0.39, 0.29) is 5.54 Å². The minimum absolute atomic E-state index is 0.195. The Morgan fingerprint density at radius 2 is 2.20 bits per heavy atom. The fraction of sp³-hybridized carbons (Fsp3) is 1.00. The van der Waals surface area contributed by atoms with Crippen LogP contribution in [0, 0.1) is 5.92 Å². The summed E-state index contributed by atoms with van der Waals surface area (Å²) in [6.07, 6.45) is 3.85. The van der Waals surface area contributed by atoms with Crippen LogP contribution in [0.3, 0.4) is 0 Å². The maximum Gasteiger partial charge on any atom is 0.0645 e. The molecular formula is C12H24N2O. The third kappa shape index (κ3) is 2.52. The summed E-state index contributed by atoms with van der Waals surface area (Å²) in [6.45, 7) is 8.51. The van der Waals surface area contributed by atoms with E-state index < -0.39 is 0 Å². The fourth-order valence-corrected chi connectivity index (χ4v) is 2.80. The van der Waals surface area contributed by atoms with E-state index in [2.05, 4.69) is 18.7 Å². The molecule has 0 radical (unpaired) electrons. The van der Waals surface area contributed by atoms with Crippen LogP contribution in [0.15, 0.2) is 0 Å². The highest BCUT2D eigenvalue weighted by molar-refractivity contribution is 4.89. The number of morpholine rings is 1. The first-order valence-electron chi connectivity index (χ1n) is 6.18. The maximum atomic E-state index is 6.13. The first-order chi connectivity index (χ1) is 7.09. The Balaban J connectivity index is 1.92. The van der Waals surface area contributed by atoms with E-state index in [1.807, 2.05) is 0 Å². The van der Waals surface area contributed by atoms with Gasteiger partial charge in [-0.1, -0.05) is 6.42 Å². The summed E-state index contributed by atoms with van der Waals surface area (Å²) >= 11 is 0. The maximum absolute atomic E-state index is 6.13. The summed E-state index contributed by atoms with van der Waals surface area (Å²) in [5.41, 5.74) is 6.32. The highest BCUT2D eigenvalue weighted by atomic mass is 16.5. The van der Waals surface area contributed by atoms with Gasteiger partial charge in [0.25, 0.3) is 0 Å². The molecule has 1 saturated carbocycles. The lowest BCUT2D eigenvalue weighted by molar-refractivity contribution is -0.0575. The van der Waals surface area contributed by atoms with Crippen LogP contribution in [0.2, 0.25) is 0 Å². The van der Waals surface area contributed by atoms with Gasteiger partial charge in [0.05, 0.1) is 13.2 Å². The predicted molar refractivity (Wildman–Crippen MR) is 61.8 cm³/mol. The average Bonchev–Trinajstić information content (AvgIpc) is 2.56. The Morgan fingerprint density at radius 3 is 2.80 bits per heavy atom. The van der Waals surface area contributed by atoms with Gasteiger partial charge >= 0.3 is 0 Å². The Kier molecular flexibility index (Phi) is 3.33. The summed E-state index contributed by atoms with van der Waals surface area (Å²) in [4.78, 5) is 2.56. The summed E-state index contributed by atoms with van der Waals surface area (Å²) < 4.78 is 5.53. The van der Waals surface area contributed by atoms with Crippen LogP contribution >= 0.6 is 0 Å². The van der Waals surface area contributed by atoms with E-state index in [1.165, 1.54) is 19.3 Å². The minimum Gasteiger partial charge on any atom is -0.378 e. The van der Waals surface area contributed by atoms with Gasteiger partial charge in [0.1, 0.15) is 0 Å². The van der Waals surface area contributed by atoms with Crippen molar-refractivity contribution in [2.75, 3.05) is 26.3 Å². The van der Waals surface area contributed by atoms with Crippen molar-refractivity contribution in [2.24, 2.45) is 11.7 Å². The molecule has 0 aromatic heterocycles. The van der Waals surface area contributed by atoms with Crippen LogP contribution in [0.5, 0.6) is 0 Å². The van der Waals surface area contributed by atoms with Crippen molar-refractivity contribution in [2.45, 2.75) is 44.7 Å². The predicted octanol–water partition coefficient (Wildman–Crippen LogP) is 1.22. The molecule has 88 valence electrons. The topological polar surface area (TPSA) is 38.5 Å². The summed E-state index contributed by atoms with van der Waals surface area (Å²) in [5, 5.41) is 0. The van der Waals surface area contributed by atoms with Gasteiger partial charge in [-0.3, -0.25) is 4.90 Å². The number of hydrogen-bond acceptors (Lipinski definition) is 3. The lowest BCUT2D eigenvalue weighted by Crippen LogP contribution is -2.55. The lowest BCUT2D eigenvalue weighted by atomic mass is 9.97. The van der Waals surface area contributed by atoms with Crippen molar-refractivity contribution >= 4 is 0 Å². The van der Waals surface area contributed by atoms with Crippen LogP contribution in [0.25, 0.3) is 0 Å². The molecule has 0 spiro atoms. The van der Waals surface area contributed by atoms with Crippen molar-refractivity contribution in [1.82, 2.24) is 4.90 Å². The molecular weight excluding hydrogens is 188 g/mol. The van der Waals surface area contributed by atoms with E-state index in [4.69, 9.17) is 10.5 Å². The molecule has 0 aromatic rings. The second-order valence-corrected chi connectivity index (χ2v) is 5.67.